The number of rotatable bonds is 8. The Bertz CT molecular complexity index is 539. The zero-order valence-electron chi connectivity index (χ0n) is 12.5. The summed E-state index contributed by atoms with van der Waals surface area (Å²) in [4.78, 5) is 1.98. The summed E-state index contributed by atoms with van der Waals surface area (Å²) in [5.74, 6) is 0.132. The van der Waals surface area contributed by atoms with Gasteiger partial charge >= 0.3 is 0 Å². The van der Waals surface area contributed by atoms with Crippen molar-refractivity contribution >= 4 is 15.7 Å². The normalized spacial score (nSPS) is 12.9. The number of allylic oxidation sites excluding steroid dienone is 1. The Hall–Kier alpha value is -1.33. The molecule has 0 bridgehead atoms. The summed E-state index contributed by atoms with van der Waals surface area (Å²) >= 11 is 0. The first kappa shape index (κ1) is 16.7. The van der Waals surface area contributed by atoms with E-state index < -0.39 is 10.0 Å². The van der Waals surface area contributed by atoms with Crippen LogP contribution in [0.1, 0.15) is 31.4 Å². The molecule has 0 fully saturated rings. The van der Waals surface area contributed by atoms with Crippen molar-refractivity contribution in [3.63, 3.8) is 0 Å². The van der Waals surface area contributed by atoms with Gasteiger partial charge in [0, 0.05) is 25.8 Å². The van der Waals surface area contributed by atoms with E-state index >= 15 is 0 Å². The lowest BCUT2D eigenvalue weighted by molar-refractivity contribution is 0.564. The summed E-state index contributed by atoms with van der Waals surface area (Å²) in [6.07, 6.45) is 3.05. The molecule has 1 atom stereocenters. The summed E-state index contributed by atoms with van der Waals surface area (Å²) < 4.78 is 26.8. The van der Waals surface area contributed by atoms with E-state index in [9.17, 15) is 8.42 Å². The molecule has 1 rings (SSSR count). The first-order valence-electron chi connectivity index (χ1n) is 6.74. The molecule has 0 aliphatic heterocycles. The topological polar surface area (TPSA) is 49.4 Å². The molecule has 1 unspecified atom stereocenters. The van der Waals surface area contributed by atoms with Crippen molar-refractivity contribution in [2.45, 2.75) is 25.8 Å². The molecule has 0 aliphatic carbocycles. The van der Waals surface area contributed by atoms with E-state index in [-0.39, 0.29) is 11.8 Å². The van der Waals surface area contributed by atoms with Crippen LogP contribution in [0.15, 0.2) is 36.9 Å². The van der Waals surface area contributed by atoms with Crippen molar-refractivity contribution in [1.29, 1.82) is 0 Å². The molecule has 112 valence electrons. The summed E-state index contributed by atoms with van der Waals surface area (Å²) in [5, 5.41) is 0. The third-order valence-corrected chi connectivity index (χ3v) is 4.60. The number of nitrogens with zero attached hydrogens (tertiary/aromatic N) is 1. The Morgan fingerprint density at radius 1 is 1.35 bits per heavy atom. The summed E-state index contributed by atoms with van der Waals surface area (Å²) in [6.45, 7) is 5.47. The minimum absolute atomic E-state index is 0.132. The molecule has 5 heteroatoms. The van der Waals surface area contributed by atoms with E-state index in [0.717, 1.165) is 11.3 Å². The molecule has 0 radical (unpaired) electrons. The monoisotopic (exact) mass is 296 g/mol. The van der Waals surface area contributed by atoms with Crippen molar-refractivity contribution in [1.82, 2.24) is 4.72 Å². The third-order valence-electron chi connectivity index (χ3n) is 3.06. The van der Waals surface area contributed by atoms with E-state index in [4.69, 9.17) is 0 Å². The second-order valence-corrected chi connectivity index (χ2v) is 6.92. The fourth-order valence-electron chi connectivity index (χ4n) is 2.07. The average molecular weight is 296 g/mol. The number of anilines is 1. The second-order valence-electron chi connectivity index (χ2n) is 5.04. The number of benzene rings is 1. The SMILES string of the molecule is C=CCCCS(=O)(=O)NC(C)c1ccccc1N(C)C. The van der Waals surface area contributed by atoms with E-state index in [1.165, 1.54) is 0 Å². The highest BCUT2D eigenvalue weighted by molar-refractivity contribution is 7.89. The first-order chi connectivity index (χ1) is 9.37. The molecule has 0 aromatic heterocycles. The van der Waals surface area contributed by atoms with Crippen LogP contribution in [0.2, 0.25) is 0 Å². The Labute approximate surface area is 122 Å². The predicted molar refractivity (Wildman–Crippen MR) is 85.5 cm³/mol. The van der Waals surface area contributed by atoms with Crippen molar-refractivity contribution in [2.75, 3.05) is 24.7 Å². The van der Waals surface area contributed by atoms with Crippen LogP contribution in [-0.2, 0) is 10.0 Å². The molecule has 0 amide bonds. The summed E-state index contributed by atoms with van der Waals surface area (Å²) in [7, 11) is 0.637. The molecule has 1 aromatic rings. The smallest absolute Gasteiger partial charge is 0.212 e. The predicted octanol–water partition coefficient (Wildman–Crippen LogP) is 2.70. The first-order valence-corrected chi connectivity index (χ1v) is 8.39. The number of hydrogen-bond donors (Lipinski definition) is 1. The van der Waals surface area contributed by atoms with E-state index in [0.29, 0.717) is 12.8 Å². The number of unbranched alkanes of at least 4 members (excludes halogenated alkanes) is 1. The largest absolute Gasteiger partial charge is 0.377 e. The van der Waals surface area contributed by atoms with Gasteiger partial charge in [-0.05, 0) is 31.4 Å². The third kappa shape index (κ3) is 4.98. The van der Waals surface area contributed by atoms with Gasteiger partial charge in [0.1, 0.15) is 0 Å². The molecule has 4 nitrogen and oxygen atoms in total. The van der Waals surface area contributed by atoms with Gasteiger partial charge in [-0.25, -0.2) is 13.1 Å². The highest BCUT2D eigenvalue weighted by Crippen LogP contribution is 2.25. The second kappa shape index (κ2) is 7.45. The van der Waals surface area contributed by atoms with Gasteiger partial charge in [0.15, 0.2) is 0 Å². The van der Waals surface area contributed by atoms with Crippen molar-refractivity contribution in [3.05, 3.63) is 42.5 Å². The number of para-hydroxylation sites is 1. The van der Waals surface area contributed by atoms with Gasteiger partial charge in [-0.1, -0.05) is 24.3 Å². The maximum Gasteiger partial charge on any atom is 0.212 e. The Morgan fingerprint density at radius 3 is 2.60 bits per heavy atom. The Balaban J connectivity index is 2.81. The van der Waals surface area contributed by atoms with Gasteiger partial charge < -0.3 is 4.90 Å². The molecule has 0 saturated carbocycles. The Morgan fingerprint density at radius 2 is 2.00 bits per heavy atom. The van der Waals surface area contributed by atoms with Crippen LogP contribution in [-0.4, -0.2) is 28.3 Å². The average Bonchev–Trinajstić information content (AvgIpc) is 2.38. The maximum absolute atomic E-state index is 12.0. The van der Waals surface area contributed by atoms with Crippen LogP contribution in [0, 0.1) is 0 Å². The summed E-state index contributed by atoms with van der Waals surface area (Å²) in [5.41, 5.74) is 2.00. The quantitative estimate of drug-likeness (QED) is 0.593. The summed E-state index contributed by atoms with van der Waals surface area (Å²) in [6, 6.07) is 7.56. The van der Waals surface area contributed by atoms with Crippen molar-refractivity contribution in [3.8, 4) is 0 Å². The van der Waals surface area contributed by atoms with Crippen molar-refractivity contribution < 1.29 is 8.42 Å². The number of sulfonamides is 1. The number of hydrogen-bond acceptors (Lipinski definition) is 3. The van der Waals surface area contributed by atoms with Crippen LogP contribution in [0.4, 0.5) is 5.69 Å². The highest BCUT2D eigenvalue weighted by Gasteiger charge is 2.18. The molecular formula is C15H24N2O2S. The van der Waals surface area contributed by atoms with Crippen LogP contribution in [0.5, 0.6) is 0 Å². The minimum Gasteiger partial charge on any atom is -0.377 e. The van der Waals surface area contributed by atoms with Gasteiger partial charge in [-0.3, -0.25) is 0 Å². The fourth-order valence-corrected chi connectivity index (χ4v) is 3.40. The molecule has 0 spiro atoms. The standard InChI is InChI=1S/C15H24N2O2S/c1-5-6-9-12-20(18,19)16-13(2)14-10-7-8-11-15(14)17(3)4/h5,7-8,10-11,13,16H,1,6,9,12H2,2-4H3. The van der Waals surface area contributed by atoms with Crippen LogP contribution in [0.3, 0.4) is 0 Å². The Kier molecular flexibility index (Phi) is 6.23. The minimum atomic E-state index is -3.26. The highest BCUT2D eigenvalue weighted by atomic mass is 32.2. The van der Waals surface area contributed by atoms with E-state index in [1.807, 2.05) is 50.2 Å². The molecule has 20 heavy (non-hydrogen) atoms. The van der Waals surface area contributed by atoms with Crippen LogP contribution < -0.4 is 9.62 Å². The van der Waals surface area contributed by atoms with Gasteiger partial charge in [-0.15, -0.1) is 6.58 Å². The fraction of sp³-hybridized carbons (Fsp3) is 0.467. The van der Waals surface area contributed by atoms with Crippen LogP contribution >= 0.6 is 0 Å². The molecule has 0 saturated heterocycles. The zero-order valence-corrected chi connectivity index (χ0v) is 13.3. The van der Waals surface area contributed by atoms with Gasteiger partial charge in [0.2, 0.25) is 10.0 Å². The lowest BCUT2D eigenvalue weighted by Gasteiger charge is -2.22. The molecule has 1 N–H and O–H groups in total. The van der Waals surface area contributed by atoms with Crippen molar-refractivity contribution in [2.24, 2.45) is 0 Å². The van der Waals surface area contributed by atoms with E-state index in [1.54, 1.807) is 6.08 Å². The zero-order chi connectivity index (χ0) is 15.2. The molecule has 1 aromatic carbocycles. The lowest BCUT2D eigenvalue weighted by atomic mass is 10.1. The molecule has 0 aliphatic rings. The maximum atomic E-state index is 12.0. The van der Waals surface area contributed by atoms with Gasteiger partial charge in [0.05, 0.1) is 5.75 Å². The number of nitrogens with one attached hydrogen (secondary N) is 1. The van der Waals surface area contributed by atoms with Gasteiger partial charge in [0.25, 0.3) is 0 Å². The lowest BCUT2D eigenvalue weighted by Crippen LogP contribution is -2.30. The van der Waals surface area contributed by atoms with E-state index in [2.05, 4.69) is 11.3 Å². The van der Waals surface area contributed by atoms with Gasteiger partial charge in [-0.2, -0.15) is 0 Å². The molecular weight excluding hydrogens is 272 g/mol. The van der Waals surface area contributed by atoms with Crippen LogP contribution in [0.25, 0.3) is 0 Å². The molecule has 0 heterocycles.